The lowest BCUT2D eigenvalue weighted by Gasteiger charge is -2.17. The molecule has 1 unspecified atom stereocenters. The van der Waals surface area contributed by atoms with Gasteiger partial charge in [-0.2, -0.15) is 0 Å². The first kappa shape index (κ1) is 12.3. The van der Waals surface area contributed by atoms with Gasteiger partial charge in [0.2, 0.25) is 0 Å². The van der Waals surface area contributed by atoms with Gasteiger partial charge in [-0.3, -0.25) is 0 Å². The molecule has 0 aromatic heterocycles. The van der Waals surface area contributed by atoms with Gasteiger partial charge in [0.1, 0.15) is 17.4 Å². The second kappa shape index (κ2) is 5.37. The summed E-state index contributed by atoms with van der Waals surface area (Å²) >= 11 is 0. The molecule has 1 atom stereocenters. The van der Waals surface area contributed by atoms with E-state index < -0.39 is 5.97 Å². The number of benzene rings is 1. The van der Waals surface area contributed by atoms with E-state index in [1.54, 1.807) is 12.1 Å². The number of ether oxygens (including phenoxy) is 1. The quantitative estimate of drug-likeness (QED) is 0.650. The fraction of sp³-hybridized carbons (Fsp3) is 0.364. The zero-order valence-electron chi connectivity index (χ0n) is 9.14. The fourth-order valence-electron chi connectivity index (χ4n) is 1.35. The van der Waals surface area contributed by atoms with E-state index >= 15 is 0 Å². The Hall–Kier alpha value is -1.75. The summed E-state index contributed by atoms with van der Waals surface area (Å²) in [5.41, 5.74) is 11.3. The summed E-state index contributed by atoms with van der Waals surface area (Å²) in [6.45, 7) is 2.26. The molecule has 1 aromatic carbocycles. The van der Waals surface area contributed by atoms with Crippen LogP contribution >= 0.6 is 0 Å². The van der Waals surface area contributed by atoms with Crippen molar-refractivity contribution in [1.82, 2.24) is 0 Å². The van der Waals surface area contributed by atoms with Crippen LogP contribution in [0.25, 0.3) is 0 Å². The summed E-state index contributed by atoms with van der Waals surface area (Å²) in [5.74, 6) is -0.829. The molecule has 0 amide bonds. The molecule has 0 aliphatic heterocycles. The van der Waals surface area contributed by atoms with Gasteiger partial charge in [-0.25, -0.2) is 4.79 Å². The molecule has 5 heteroatoms. The van der Waals surface area contributed by atoms with Crippen molar-refractivity contribution < 1.29 is 14.6 Å². The Bertz CT molecular complexity index is 375. The van der Waals surface area contributed by atoms with Crippen molar-refractivity contribution in [2.24, 2.45) is 5.73 Å². The average Bonchev–Trinajstić information content (AvgIpc) is 2.25. The van der Waals surface area contributed by atoms with E-state index in [0.29, 0.717) is 13.0 Å². The van der Waals surface area contributed by atoms with E-state index in [-0.39, 0.29) is 23.1 Å². The highest BCUT2D eigenvalue weighted by atomic mass is 16.5. The van der Waals surface area contributed by atoms with Crippen LogP contribution in [0.4, 0.5) is 5.69 Å². The van der Waals surface area contributed by atoms with E-state index in [4.69, 9.17) is 21.3 Å². The number of anilines is 1. The highest BCUT2D eigenvalue weighted by Crippen LogP contribution is 2.25. The Labute approximate surface area is 94.0 Å². The van der Waals surface area contributed by atoms with Crippen LogP contribution < -0.4 is 16.2 Å². The molecule has 0 aliphatic rings. The molecule has 0 saturated heterocycles. The Kier molecular flexibility index (Phi) is 4.13. The lowest BCUT2D eigenvalue weighted by atomic mass is 10.1. The van der Waals surface area contributed by atoms with E-state index in [1.807, 2.05) is 6.92 Å². The van der Waals surface area contributed by atoms with E-state index in [2.05, 4.69) is 0 Å². The molecule has 0 aliphatic carbocycles. The number of hydrogen-bond donors (Lipinski definition) is 3. The monoisotopic (exact) mass is 224 g/mol. The number of nitrogens with two attached hydrogens (primary N) is 2. The van der Waals surface area contributed by atoms with Crippen molar-refractivity contribution in [3.8, 4) is 5.75 Å². The Balaban J connectivity index is 3.03. The molecule has 16 heavy (non-hydrogen) atoms. The number of nitrogen functional groups attached to an aromatic ring is 1. The molecule has 0 spiro atoms. The highest BCUT2D eigenvalue weighted by Gasteiger charge is 2.17. The van der Waals surface area contributed by atoms with Gasteiger partial charge in [0.25, 0.3) is 0 Å². The molecule has 1 rings (SSSR count). The summed E-state index contributed by atoms with van der Waals surface area (Å²) in [6.07, 6.45) is 0.518. The molecule has 0 heterocycles. The second-order valence-corrected chi connectivity index (χ2v) is 3.41. The molecule has 5 nitrogen and oxygen atoms in total. The summed E-state index contributed by atoms with van der Waals surface area (Å²) in [6, 6.07) is 4.76. The van der Waals surface area contributed by atoms with Gasteiger partial charge in [-0.1, -0.05) is 13.0 Å². The first-order valence-corrected chi connectivity index (χ1v) is 5.08. The maximum absolute atomic E-state index is 11.0. The molecule has 5 N–H and O–H groups in total. The zero-order chi connectivity index (χ0) is 12.1. The number of aromatic carboxylic acids is 1. The van der Waals surface area contributed by atoms with E-state index in [9.17, 15) is 4.79 Å². The molecule has 0 fully saturated rings. The summed E-state index contributed by atoms with van der Waals surface area (Å²) in [4.78, 5) is 11.0. The summed E-state index contributed by atoms with van der Waals surface area (Å²) in [7, 11) is 0. The van der Waals surface area contributed by atoms with Crippen LogP contribution in [0.3, 0.4) is 0 Å². The molecule has 0 bridgehead atoms. The molecular weight excluding hydrogens is 208 g/mol. The average molecular weight is 224 g/mol. The topological polar surface area (TPSA) is 98.6 Å². The number of carboxylic acid groups (broad SMARTS) is 1. The van der Waals surface area contributed by atoms with Gasteiger partial charge in [-0.15, -0.1) is 0 Å². The Morgan fingerprint density at radius 1 is 1.56 bits per heavy atom. The summed E-state index contributed by atoms with van der Waals surface area (Å²) < 4.78 is 5.50. The molecule has 0 radical (unpaired) electrons. The third kappa shape index (κ3) is 2.64. The third-order valence-electron chi connectivity index (χ3n) is 2.28. The lowest BCUT2D eigenvalue weighted by molar-refractivity contribution is 0.0690. The van der Waals surface area contributed by atoms with Crippen LogP contribution in [0.15, 0.2) is 18.2 Å². The van der Waals surface area contributed by atoms with Crippen LogP contribution in [-0.2, 0) is 0 Å². The van der Waals surface area contributed by atoms with Crippen LogP contribution in [-0.4, -0.2) is 23.7 Å². The first-order chi connectivity index (χ1) is 7.60. The number of carbonyl (C=O) groups is 1. The van der Waals surface area contributed by atoms with Gasteiger partial charge in [0.15, 0.2) is 0 Å². The van der Waals surface area contributed by atoms with Crippen molar-refractivity contribution in [3.05, 3.63) is 23.8 Å². The third-order valence-corrected chi connectivity index (χ3v) is 2.28. The fourth-order valence-corrected chi connectivity index (χ4v) is 1.35. The standard InChI is InChI=1S/C11H16N2O3/c1-2-7(6-12)16-9-5-3-4-8(13)10(9)11(14)15/h3-5,7H,2,6,12-13H2,1H3,(H,14,15). The van der Waals surface area contributed by atoms with E-state index in [1.165, 1.54) is 6.07 Å². The highest BCUT2D eigenvalue weighted by molar-refractivity contribution is 5.96. The van der Waals surface area contributed by atoms with Crippen molar-refractivity contribution in [3.63, 3.8) is 0 Å². The Morgan fingerprint density at radius 3 is 2.75 bits per heavy atom. The minimum absolute atomic E-state index is 0.00519. The van der Waals surface area contributed by atoms with Gasteiger partial charge in [0.05, 0.1) is 0 Å². The number of hydrogen-bond acceptors (Lipinski definition) is 4. The van der Waals surface area contributed by atoms with Crippen LogP contribution in [0.5, 0.6) is 5.75 Å². The van der Waals surface area contributed by atoms with Crippen molar-refractivity contribution in [2.45, 2.75) is 19.4 Å². The van der Waals surface area contributed by atoms with Crippen LogP contribution in [0.2, 0.25) is 0 Å². The predicted molar refractivity (Wildman–Crippen MR) is 61.6 cm³/mol. The molecule has 1 aromatic rings. The minimum atomic E-state index is -1.10. The predicted octanol–water partition coefficient (Wildman–Crippen LogP) is 1.08. The zero-order valence-corrected chi connectivity index (χ0v) is 9.14. The number of rotatable bonds is 5. The van der Waals surface area contributed by atoms with Gasteiger partial charge < -0.3 is 21.3 Å². The molecule has 88 valence electrons. The van der Waals surface area contributed by atoms with Gasteiger partial charge >= 0.3 is 5.97 Å². The molecular formula is C11H16N2O3. The van der Waals surface area contributed by atoms with Crippen molar-refractivity contribution >= 4 is 11.7 Å². The first-order valence-electron chi connectivity index (χ1n) is 5.08. The number of carboxylic acids is 1. The largest absolute Gasteiger partial charge is 0.488 e. The van der Waals surface area contributed by atoms with Crippen LogP contribution in [0, 0.1) is 0 Å². The van der Waals surface area contributed by atoms with E-state index in [0.717, 1.165) is 0 Å². The SMILES string of the molecule is CCC(CN)Oc1cccc(N)c1C(=O)O. The Morgan fingerprint density at radius 2 is 2.25 bits per heavy atom. The van der Waals surface area contributed by atoms with Crippen molar-refractivity contribution in [1.29, 1.82) is 0 Å². The maximum atomic E-state index is 11.0. The maximum Gasteiger partial charge on any atom is 0.341 e. The second-order valence-electron chi connectivity index (χ2n) is 3.41. The van der Waals surface area contributed by atoms with Crippen LogP contribution in [0.1, 0.15) is 23.7 Å². The minimum Gasteiger partial charge on any atom is -0.488 e. The van der Waals surface area contributed by atoms with Gasteiger partial charge in [-0.05, 0) is 18.6 Å². The lowest BCUT2D eigenvalue weighted by Crippen LogP contribution is -2.26. The van der Waals surface area contributed by atoms with Crippen molar-refractivity contribution in [2.75, 3.05) is 12.3 Å². The molecule has 0 saturated carbocycles. The normalized spacial score (nSPS) is 12.1. The smallest absolute Gasteiger partial charge is 0.341 e. The van der Waals surface area contributed by atoms with Gasteiger partial charge in [0, 0.05) is 12.2 Å². The summed E-state index contributed by atoms with van der Waals surface area (Å²) in [5, 5.41) is 9.01.